The molecule has 174 valence electrons. The van der Waals surface area contributed by atoms with Crippen LogP contribution < -0.4 is 4.74 Å². The average molecular weight is 486 g/mol. The van der Waals surface area contributed by atoms with Crippen molar-refractivity contribution in [2.45, 2.75) is 52.5 Å². The molecule has 1 unspecified atom stereocenters. The molecule has 6 heteroatoms. The molecule has 4 rings (SSSR count). The van der Waals surface area contributed by atoms with Gasteiger partial charge in [0.2, 0.25) is 5.91 Å². The number of halogens is 2. The van der Waals surface area contributed by atoms with Crippen molar-refractivity contribution in [1.82, 2.24) is 4.90 Å². The molecule has 0 radical (unpaired) electrons. The van der Waals surface area contributed by atoms with E-state index in [0.717, 1.165) is 64.6 Å². The van der Waals surface area contributed by atoms with Gasteiger partial charge in [0, 0.05) is 51.3 Å². The number of benzene rings is 2. The molecule has 1 atom stereocenters. The maximum absolute atomic E-state index is 13.2. The number of methoxy groups -OCH3 is 1. The normalized spacial score (nSPS) is 17.0. The van der Waals surface area contributed by atoms with Crippen molar-refractivity contribution < 1.29 is 13.9 Å². The number of piperidine rings is 1. The molecule has 4 nitrogen and oxygen atoms in total. The Morgan fingerprint density at radius 3 is 2.73 bits per heavy atom. The lowest BCUT2D eigenvalue weighted by Gasteiger charge is -2.34. The Morgan fingerprint density at radius 2 is 2.03 bits per heavy atom. The van der Waals surface area contributed by atoms with Crippen molar-refractivity contribution in [2.75, 3.05) is 13.7 Å². The second kappa shape index (κ2) is 9.82. The van der Waals surface area contributed by atoms with Crippen molar-refractivity contribution in [1.29, 1.82) is 0 Å². The minimum atomic E-state index is 0.0621. The van der Waals surface area contributed by atoms with Gasteiger partial charge < -0.3 is 14.1 Å². The van der Waals surface area contributed by atoms with Crippen LogP contribution in [0.3, 0.4) is 0 Å². The van der Waals surface area contributed by atoms with E-state index in [4.69, 9.17) is 32.4 Å². The summed E-state index contributed by atoms with van der Waals surface area (Å²) in [5.74, 6) is 0.768. The van der Waals surface area contributed by atoms with Gasteiger partial charge in [-0.15, -0.1) is 0 Å². The summed E-state index contributed by atoms with van der Waals surface area (Å²) >= 11 is 12.6. The van der Waals surface area contributed by atoms with E-state index in [-0.39, 0.29) is 5.91 Å². The first kappa shape index (κ1) is 23.7. The number of hydrogen-bond acceptors (Lipinski definition) is 3. The van der Waals surface area contributed by atoms with Crippen molar-refractivity contribution in [3.05, 3.63) is 57.8 Å². The van der Waals surface area contributed by atoms with E-state index in [0.29, 0.717) is 21.8 Å². The second-order valence-electron chi connectivity index (χ2n) is 8.65. The lowest BCUT2D eigenvalue weighted by atomic mass is 9.95. The molecule has 3 aromatic rings. The number of rotatable bonds is 5. The minimum Gasteiger partial charge on any atom is -0.496 e. The van der Waals surface area contributed by atoms with Gasteiger partial charge in [-0.3, -0.25) is 4.79 Å². The fourth-order valence-corrected chi connectivity index (χ4v) is 5.36. The zero-order valence-electron chi connectivity index (χ0n) is 19.5. The SMILES string of the molecule is CCC1CCCCN1C(=O)/C=C(\C)c1cc2c(-c3ccc(Cl)cc3Cl)coc2c(C)c1OC. The minimum absolute atomic E-state index is 0.0621. The molecule has 0 spiro atoms. The van der Waals surface area contributed by atoms with E-state index in [2.05, 4.69) is 6.92 Å². The molecule has 1 fully saturated rings. The van der Waals surface area contributed by atoms with Crippen LogP contribution >= 0.6 is 23.2 Å². The lowest BCUT2D eigenvalue weighted by Crippen LogP contribution is -2.42. The predicted molar refractivity (Wildman–Crippen MR) is 136 cm³/mol. The van der Waals surface area contributed by atoms with Crippen LogP contribution in [0.4, 0.5) is 0 Å². The summed E-state index contributed by atoms with van der Waals surface area (Å²) in [5.41, 5.74) is 5.06. The molecular weight excluding hydrogens is 457 g/mol. The van der Waals surface area contributed by atoms with Gasteiger partial charge in [0.25, 0.3) is 0 Å². The number of hydrogen-bond donors (Lipinski definition) is 0. The first-order valence-electron chi connectivity index (χ1n) is 11.4. The van der Waals surface area contributed by atoms with Crippen LogP contribution in [0, 0.1) is 6.92 Å². The quantitative estimate of drug-likeness (QED) is 0.344. The number of fused-ring (bicyclic) bond motifs is 1. The average Bonchev–Trinajstić information content (AvgIpc) is 3.23. The highest BCUT2D eigenvalue weighted by molar-refractivity contribution is 6.36. The van der Waals surface area contributed by atoms with Gasteiger partial charge in [0.1, 0.15) is 11.3 Å². The highest BCUT2D eigenvalue weighted by atomic mass is 35.5. The highest BCUT2D eigenvalue weighted by Gasteiger charge is 2.25. The van der Waals surface area contributed by atoms with E-state index in [1.807, 2.05) is 36.9 Å². The fraction of sp³-hybridized carbons (Fsp3) is 0.370. The third-order valence-electron chi connectivity index (χ3n) is 6.62. The third kappa shape index (κ3) is 4.51. The first-order chi connectivity index (χ1) is 15.8. The zero-order chi connectivity index (χ0) is 23.7. The van der Waals surface area contributed by atoms with Crippen LogP contribution in [0.1, 0.15) is 50.7 Å². The summed E-state index contributed by atoms with van der Waals surface area (Å²) < 4.78 is 11.7. The van der Waals surface area contributed by atoms with E-state index in [1.165, 1.54) is 6.42 Å². The van der Waals surface area contributed by atoms with E-state index in [1.54, 1.807) is 25.5 Å². The summed E-state index contributed by atoms with van der Waals surface area (Å²) in [6.07, 6.45) is 7.75. The molecule has 0 bridgehead atoms. The number of ether oxygens (including phenoxy) is 1. The number of carbonyl (C=O) groups is 1. The van der Waals surface area contributed by atoms with Gasteiger partial charge in [-0.25, -0.2) is 0 Å². The Bertz CT molecular complexity index is 1230. The zero-order valence-corrected chi connectivity index (χ0v) is 21.0. The second-order valence-corrected chi connectivity index (χ2v) is 9.49. The van der Waals surface area contributed by atoms with Gasteiger partial charge >= 0.3 is 0 Å². The first-order valence-corrected chi connectivity index (χ1v) is 12.1. The smallest absolute Gasteiger partial charge is 0.247 e. The van der Waals surface area contributed by atoms with Gasteiger partial charge in [0.15, 0.2) is 0 Å². The molecule has 1 aliphatic rings. The van der Waals surface area contributed by atoms with Gasteiger partial charge in [-0.2, -0.15) is 0 Å². The molecule has 2 heterocycles. The molecule has 0 aliphatic carbocycles. The Hall–Kier alpha value is -2.43. The van der Waals surface area contributed by atoms with Crippen molar-refractivity contribution in [3.8, 4) is 16.9 Å². The maximum atomic E-state index is 13.2. The number of aryl methyl sites for hydroxylation is 1. The molecule has 0 N–H and O–H groups in total. The number of nitrogens with zero attached hydrogens (tertiary/aromatic N) is 1. The third-order valence-corrected chi connectivity index (χ3v) is 7.16. The number of likely N-dealkylation sites (tertiary alicyclic amines) is 1. The Kier molecular flexibility index (Phi) is 7.06. The van der Waals surface area contributed by atoms with Crippen LogP contribution in [0.15, 0.2) is 41.0 Å². The molecular formula is C27H29Cl2NO3. The van der Waals surface area contributed by atoms with Crippen LogP contribution in [-0.4, -0.2) is 30.5 Å². The molecule has 1 saturated heterocycles. The molecule has 1 aromatic heterocycles. The Labute approximate surface area is 205 Å². The van der Waals surface area contributed by atoms with Gasteiger partial charge in [-0.1, -0.05) is 36.2 Å². The molecule has 0 saturated carbocycles. The van der Waals surface area contributed by atoms with Crippen LogP contribution in [0.25, 0.3) is 27.7 Å². The van der Waals surface area contributed by atoms with E-state index < -0.39 is 0 Å². The topological polar surface area (TPSA) is 42.7 Å². The molecule has 1 aliphatic heterocycles. The monoisotopic (exact) mass is 485 g/mol. The van der Waals surface area contributed by atoms with Crippen LogP contribution in [0.2, 0.25) is 10.0 Å². The predicted octanol–water partition coefficient (Wildman–Crippen LogP) is 7.92. The largest absolute Gasteiger partial charge is 0.496 e. The van der Waals surface area contributed by atoms with E-state index in [9.17, 15) is 4.79 Å². The van der Waals surface area contributed by atoms with Crippen molar-refractivity contribution in [2.24, 2.45) is 0 Å². The standard InChI is InChI=1S/C27H29Cl2NO3/c1-5-19-8-6-7-11-30(19)25(31)12-16(2)21-14-22-23(20-10-9-18(28)13-24(20)29)15-33-27(22)17(3)26(21)32-4/h9-10,12-15,19H,5-8,11H2,1-4H3/b16-12+. The maximum Gasteiger partial charge on any atom is 0.247 e. The molecule has 2 aromatic carbocycles. The number of furan rings is 1. The lowest BCUT2D eigenvalue weighted by molar-refractivity contribution is -0.129. The fourth-order valence-electron chi connectivity index (χ4n) is 4.85. The van der Waals surface area contributed by atoms with Crippen LogP contribution in [-0.2, 0) is 4.79 Å². The molecule has 33 heavy (non-hydrogen) atoms. The summed E-state index contributed by atoms with van der Waals surface area (Å²) in [6, 6.07) is 7.76. The highest BCUT2D eigenvalue weighted by Crippen LogP contribution is 2.42. The van der Waals surface area contributed by atoms with Crippen molar-refractivity contribution in [3.63, 3.8) is 0 Å². The number of allylic oxidation sites excluding steroid dienone is 1. The summed E-state index contributed by atoms with van der Waals surface area (Å²) in [6.45, 7) is 6.89. The summed E-state index contributed by atoms with van der Waals surface area (Å²) in [7, 11) is 1.64. The Morgan fingerprint density at radius 1 is 1.24 bits per heavy atom. The van der Waals surface area contributed by atoms with E-state index >= 15 is 0 Å². The van der Waals surface area contributed by atoms with Crippen molar-refractivity contribution >= 4 is 45.7 Å². The van der Waals surface area contributed by atoms with Gasteiger partial charge in [0.05, 0.1) is 18.4 Å². The number of carbonyl (C=O) groups excluding carboxylic acids is 1. The van der Waals surface area contributed by atoms with Crippen LogP contribution in [0.5, 0.6) is 5.75 Å². The van der Waals surface area contributed by atoms with Gasteiger partial charge in [-0.05, 0) is 63.3 Å². The molecule has 1 amide bonds. The summed E-state index contributed by atoms with van der Waals surface area (Å²) in [4.78, 5) is 15.2. The summed E-state index contributed by atoms with van der Waals surface area (Å²) in [5, 5.41) is 2.05. The number of amides is 1. The Balaban J connectivity index is 1.81.